The number of hydrogen-bond acceptors (Lipinski definition) is 6. The molecular formula is C11H8N4O3. The second-order valence-electron chi connectivity index (χ2n) is 3.58. The highest BCUT2D eigenvalue weighted by atomic mass is 16.5. The molecule has 3 aromatic rings. The van der Waals surface area contributed by atoms with Gasteiger partial charge in [0.05, 0.1) is 6.54 Å². The van der Waals surface area contributed by atoms with Crippen molar-refractivity contribution in [2.24, 2.45) is 0 Å². The summed E-state index contributed by atoms with van der Waals surface area (Å²) in [5.41, 5.74) is 1.37. The zero-order valence-corrected chi connectivity index (χ0v) is 9.18. The summed E-state index contributed by atoms with van der Waals surface area (Å²) in [5.74, 6) is -0.102. The second-order valence-corrected chi connectivity index (χ2v) is 3.58. The number of pyridine rings is 1. The highest BCUT2D eigenvalue weighted by Gasteiger charge is 2.13. The van der Waals surface area contributed by atoms with Crippen LogP contribution < -0.4 is 5.76 Å². The van der Waals surface area contributed by atoms with Crippen LogP contribution in [0.3, 0.4) is 0 Å². The van der Waals surface area contributed by atoms with E-state index in [0.29, 0.717) is 11.5 Å². The fraction of sp³-hybridized carbons (Fsp3) is 0.0909. The summed E-state index contributed by atoms with van der Waals surface area (Å²) < 4.78 is 10.8. The quantitative estimate of drug-likeness (QED) is 0.681. The van der Waals surface area contributed by atoms with Crippen LogP contribution in [0.4, 0.5) is 0 Å². The predicted molar refractivity (Wildman–Crippen MR) is 59.6 cm³/mol. The molecule has 0 amide bonds. The smallest absolute Gasteiger partial charge is 0.364 e. The standard InChI is InChI=1S/C11H8N4O3/c16-11-15(7-9-3-6-17-13-9)10(14-18-11)8-1-4-12-5-2-8/h1-6H,7H2. The maximum absolute atomic E-state index is 11.6. The summed E-state index contributed by atoms with van der Waals surface area (Å²) in [6.45, 7) is 0.247. The van der Waals surface area contributed by atoms with Gasteiger partial charge in [-0.15, -0.1) is 0 Å². The molecule has 0 aliphatic carbocycles. The van der Waals surface area contributed by atoms with Gasteiger partial charge >= 0.3 is 5.76 Å². The topological polar surface area (TPSA) is 87.0 Å². The minimum Gasteiger partial charge on any atom is -0.364 e. The van der Waals surface area contributed by atoms with Gasteiger partial charge in [-0.25, -0.2) is 4.79 Å². The minimum absolute atomic E-state index is 0.247. The molecule has 0 fully saturated rings. The SMILES string of the molecule is O=c1onc(-c2ccncc2)n1Cc1ccon1. The van der Waals surface area contributed by atoms with E-state index in [0.717, 1.165) is 5.56 Å². The third-order valence-corrected chi connectivity index (χ3v) is 2.44. The van der Waals surface area contributed by atoms with Crippen molar-refractivity contribution in [2.75, 3.05) is 0 Å². The van der Waals surface area contributed by atoms with E-state index < -0.39 is 5.76 Å². The van der Waals surface area contributed by atoms with E-state index in [1.54, 1.807) is 30.6 Å². The summed E-state index contributed by atoms with van der Waals surface area (Å²) in [5, 5.41) is 7.51. The van der Waals surface area contributed by atoms with Crippen LogP contribution in [0.25, 0.3) is 11.4 Å². The predicted octanol–water partition coefficient (Wildman–Crippen LogP) is 0.935. The van der Waals surface area contributed by atoms with Gasteiger partial charge in [0, 0.05) is 24.0 Å². The Hall–Kier alpha value is -2.70. The first-order valence-electron chi connectivity index (χ1n) is 5.21. The Morgan fingerprint density at radius 1 is 1.17 bits per heavy atom. The van der Waals surface area contributed by atoms with E-state index in [1.807, 2.05) is 0 Å². The first-order valence-corrected chi connectivity index (χ1v) is 5.21. The van der Waals surface area contributed by atoms with E-state index in [2.05, 4.69) is 19.8 Å². The fourth-order valence-corrected chi connectivity index (χ4v) is 1.60. The van der Waals surface area contributed by atoms with Crippen LogP contribution >= 0.6 is 0 Å². The number of aromatic nitrogens is 4. The molecule has 0 unspecified atom stereocenters. The van der Waals surface area contributed by atoms with E-state index in [-0.39, 0.29) is 6.54 Å². The molecule has 0 aliphatic rings. The Morgan fingerprint density at radius 3 is 2.72 bits per heavy atom. The van der Waals surface area contributed by atoms with Gasteiger partial charge in [-0.2, -0.15) is 0 Å². The monoisotopic (exact) mass is 244 g/mol. The summed E-state index contributed by atoms with van der Waals surface area (Å²) in [6, 6.07) is 5.17. The number of rotatable bonds is 3. The number of hydrogen-bond donors (Lipinski definition) is 0. The molecule has 0 saturated heterocycles. The first-order chi connectivity index (χ1) is 8.84. The Balaban J connectivity index is 2.04. The first kappa shape index (κ1) is 10.5. The average Bonchev–Trinajstić information content (AvgIpc) is 3.03. The lowest BCUT2D eigenvalue weighted by molar-refractivity contribution is 0.375. The normalized spacial score (nSPS) is 10.7. The maximum Gasteiger partial charge on any atom is 0.442 e. The van der Waals surface area contributed by atoms with Crippen LogP contribution in [-0.2, 0) is 6.54 Å². The van der Waals surface area contributed by atoms with Gasteiger partial charge in [0.2, 0.25) is 0 Å². The lowest BCUT2D eigenvalue weighted by Gasteiger charge is -2.01. The van der Waals surface area contributed by atoms with Gasteiger partial charge in [0.1, 0.15) is 12.0 Å². The summed E-state index contributed by atoms with van der Waals surface area (Å²) in [6.07, 6.45) is 4.68. The van der Waals surface area contributed by atoms with Crippen molar-refractivity contribution in [2.45, 2.75) is 6.54 Å². The maximum atomic E-state index is 11.6. The van der Waals surface area contributed by atoms with Crippen molar-refractivity contribution in [3.63, 3.8) is 0 Å². The van der Waals surface area contributed by atoms with Crippen LogP contribution in [0.1, 0.15) is 5.69 Å². The lowest BCUT2D eigenvalue weighted by atomic mass is 10.2. The summed E-state index contributed by atoms with van der Waals surface area (Å²) >= 11 is 0. The number of nitrogens with zero attached hydrogens (tertiary/aromatic N) is 4. The molecule has 90 valence electrons. The fourth-order valence-electron chi connectivity index (χ4n) is 1.60. The highest BCUT2D eigenvalue weighted by Crippen LogP contribution is 2.14. The van der Waals surface area contributed by atoms with E-state index in [1.165, 1.54) is 10.8 Å². The molecule has 0 aromatic carbocycles. The minimum atomic E-state index is -0.537. The highest BCUT2D eigenvalue weighted by molar-refractivity contribution is 5.53. The van der Waals surface area contributed by atoms with Crippen molar-refractivity contribution >= 4 is 0 Å². The van der Waals surface area contributed by atoms with Crippen LogP contribution in [0.5, 0.6) is 0 Å². The van der Waals surface area contributed by atoms with Crippen LogP contribution in [0.15, 0.2) is 50.7 Å². The average molecular weight is 244 g/mol. The largest absolute Gasteiger partial charge is 0.442 e. The molecule has 3 aromatic heterocycles. The Kier molecular flexibility index (Phi) is 2.49. The van der Waals surface area contributed by atoms with Crippen LogP contribution in [-0.4, -0.2) is 19.9 Å². The molecule has 18 heavy (non-hydrogen) atoms. The van der Waals surface area contributed by atoms with Crippen molar-refractivity contribution in [1.82, 2.24) is 19.9 Å². The summed E-state index contributed by atoms with van der Waals surface area (Å²) in [4.78, 5) is 15.5. The third kappa shape index (κ3) is 1.81. The third-order valence-electron chi connectivity index (χ3n) is 2.44. The Morgan fingerprint density at radius 2 is 2.00 bits per heavy atom. The molecule has 0 saturated carbocycles. The lowest BCUT2D eigenvalue weighted by Crippen LogP contribution is -2.16. The van der Waals surface area contributed by atoms with Crippen LogP contribution in [0.2, 0.25) is 0 Å². The Bertz CT molecular complexity index is 685. The molecule has 0 bridgehead atoms. The van der Waals surface area contributed by atoms with Gasteiger partial charge in [0.25, 0.3) is 0 Å². The zero-order chi connectivity index (χ0) is 12.4. The molecule has 0 radical (unpaired) electrons. The zero-order valence-electron chi connectivity index (χ0n) is 9.18. The molecule has 7 nitrogen and oxygen atoms in total. The van der Waals surface area contributed by atoms with Crippen molar-refractivity contribution < 1.29 is 9.05 Å². The van der Waals surface area contributed by atoms with E-state index in [9.17, 15) is 4.79 Å². The van der Waals surface area contributed by atoms with Gasteiger partial charge in [-0.1, -0.05) is 10.3 Å². The van der Waals surface area contributed by atoms with Gasteiger partial charge < -0.3 is 4.52 Å². The molecule has 0 N–H and O–H groups in total. The Labute approximate surface area is 101 Å². The molecule has 3 rings (SSSR count). The van der Waals surface area contributed by atoms with Crippen molar-refractivity contribution in [1.29, 1.82) is 0 Å². The molecule has 0 atom stereocenters. The van der Waals surface area contributed by atoms with Crippen molar-refractivity contribution in [3.8, 4) is 11.4 Å². The van der Waals surface area contributed by atoms with Gasteiger partial charge in [-0.05, 0) is 12.1 Å². The molecule has 0 aliphatic heterocycles. The molecule has 0 spiro atoms. The van der Waals surface area contributed by atoms with Gasteiger partial charge in [0.15, 0.2) is 5.82 Å². The molecule has 7 heteroatoms. The molecule has 3 heterocycles. The molecular weight excluding hydrogens is 236 g/mol. The van der Waals surface area contributed by atoms with Crippen LogP contribution in [0, 0.1) is 0 Å². The van der Waals surface area contributed by atoms with Gasteiger partial charge in [-0.3, -0.25) is 14.1 Å². The summed E-state index contributed by atoms with van der Waals surface area (Å²) in [7, 11) is 0. The second kappa shape index (κ2) is 4.28. The van der Waals surface area contributed by atoms with E-state index in [4.69, 9.17) is 4.52 Å². The van der Waals surface area contributed by atoms with E-state index >= 15 is 0 Å². The van der Waals surface area contributed by atoms with Crippen molar-refractivity contribution in [3.05, 3.63) is 53.1 Å².